The Kier molecular flexibility index (Phi) is 9.17. The van der Waals surface area contributed by atoms with Gasteiger partial charge in [-0.05, 0) is 43.7 Å². The van der Waals surface area contributed by atoms with E-state index in [1.54, 1.807) is 0 Å². The predicted octanol–water partition coefficient (Wildman–Crippen LogP) is 3.72. The minimum Gasteiger partial charge on any atom is -0.343 e. The number of halogens is 1. The van der Waals surface area contributed by atoms with Gasteiger partial charge in [0.1, 0.15) is 0 Å². The zero-order chi connectivity index (χ0) is 14.9. The van der Waals surface area contributed by atoms with Crippen molar-refractivity contribution in [2.45, 2.75) is 50.9 Å². The van der Waals surface area contributed by atoms with Gasteiger partial charge in [-0.25, -0.2) is 0 Å². The topological polar surface area (TPSA) is 46.3 Å². The number of carbonyl (C=O) groups excluding carboxylic acids is 1. The van der Waals surface area contributed by atoms with Crippen LogP contribution in [0.5, 0.6) is 0 Å². The standard InChI is InChI=1S/C18H28N2O.ClH/c19-13-7-2-1-6-10-18(21)20-14-11-17(12-15-20)16-8-4-3-5-9-16;/h3-5,8-9,17H,1-2,6-7,10-15,19H2;1H. The molecule has 0 atom stereocenters. The number of amides is 1. The smallest absolute Gasteiger partial charge is 0.222 e. The molecule has 2 rings (SSSR count). The van der Waals surface area contributed by atoms with Crippen molar-refractivity contribution in [3.05, 3.63) is 35.9 Å². The molecule has 0 spiro atoms. The Hall–Kier alpha value is -1.06. The minimum absolute atomic E-state index is 0. The molecule has 1 aliphatic rings. The molecule has 0 radical (unpaired) electrons. The average molecular weight is 325 g/mol. The molecule has 0 unspecified atom stereocenters. The summed E-state index contributed by atoms with van der Waals surface area (Å²) in [6.07, 6.45) is 7.28. The van der Waals surface area contributed by atoms with Crippen LogP contribution in [0.2, 0.25) is 0 Å². The zero-order valence-electron chi connectivity index (χ0n) is 13.4. The highest BCUT2D eigenvalue weighted by Crippen LogP contribution is 2.28. The molecule has 3 nitrogen and oxygen atoms in total. The van der Waals surface area contributed by atoms with Gasteiger partial charge in [-0.2, -0.15) is 0 Å². The lowest BCUT2D eigenvalue weighted by molar-refractivity contribution is -0.132. The van der Waals surface area contributed by atoms with E-state index in [1.807, 2.05) is 0 Å². The van der Waals surface area contributed by atoms with Crippen LogP contribution in [0.1, 0.15) is 56.4 Å². The number of nitrogens with two attached hydrogens (primary N) is 1. The summed E-state index contributed by atoms with van der Waals surface area (Å²) in [7, 11) is 0. The second kappa shape index (κ2) is 10.6. The Balaban J connectivity index is 0.00000242. The van der Waals surface area contributed by atoms with Gasteiger partial charge in [-0.1, -0.05) is 43.2 Å². The predicted molar refractivity (Wildman–Crippen MR) is 94.4 cm³/mol. The highest BCUT2D eigenvalue weighted by molar-refractivity contribution is 5.85. The summed E-state index contributed by atoms with van der Waals surface area (Å²) in [6.45, 7) is 2.60. The fourth-order valence-corrected chi connectivity index (χ4v) is 3.12. The second-order valence-electron chi connectivity index (χ2n) is 6.02. The number of nitrogens with zero attached hydrogens (tertiary/aromatic N) is 1. The van der Waals surface area contributed by atoms with Crippen molar-refractivity contribution in [2.24, 2.45) is 5.73 Å². The maximum absolute atomic E-state index is 12.2. The number of benzene rings is 1. The van der Waals surface area contributed by atoms with E-state index in [0.717, 1.165) is 58.2 Å². The van der Waals surface area contributed by atoms with E-state index in [9.17, 15) is 4.79 Å². The van der Waals surface area contributed by atoms with Gasteiger partial charge in [0.2, 0.25) is 5.91 Å². The van der Waals surface area contributed by atoms with Gasteiger partial charge in [0.15, 0.2) is 0 Å². The summed E-state index contributed by atoms with van der Waals surface area (Å²) in [6, 6.07) is 10.7. The molecule has 1 aromatic carbocycles. The van der Waals surface area contributed by atoms with Gasteiger partial charge in [0.25, 0.3) is 0 Å². The van der Waals surface area contributed by atoms with E-state index in [1.165, 1.54) is 5.56 Å². The first-order valence-electron chi connectivity index (χ1n) is 8.34. The largest absolute Gasteiger partial charge is 0.343 e. The van der Waals surface area contributed by atoms with E-state index in [4.69, 9.17) is 5.73 Å². The Morgan fingerprint density at radius 3 is 2.32 bits per heavy atom. The summed E-state index contributed by atoms with van der Waals surface area (Å²) >= 11 is 0. The van der Waals surface area contributed by atoms with Crippen LogP contribution in [0.3, 0.4) is 0 Å². The molecule has 0 aliphatic carbocycles. The molecule has 22 heavy (non-hydrogen) atoms. The van der Waals surface area contributed by atoms with Crippen LogP contribution in [-0.4, -0.2) is 30.4 Å². The lowest BCUT2D eigenvalue weighted by atomic mass is 9.89. The van der Waals surface area contributed by atoms with Gasteiger partial charge < -0.3 is 10.6 Å². The highest BCUT2D eigenvalue weighted by atomic mass is 35.5. The molecule has 4 heteroatoms. The highest BCUT2D eigenvalue weighted by Gasteiger charge is 2.23. The summed E-state index contributed by atoms with van der Waals surface area (Å²) in [5, 5.41) is 0. The monoisotopic (exact) mass is 324 g/mol. The van der Waals surface area contributed by atoms with Crippen molar-refractivity contribution in [1.82, 2.24) is 4.90 Å². The van der Waals surface area contributed by atoms with Crippen molar-refractivity contribution in [3.63, 3.8) is 0 Å². The minimum atomic E-state index is 0. The summed E-state index contributed by atoms with van der Waals surface area (Å²) in [5.74, 6) is 0.967. The second-order valence-corrected chi connectivity index (χ2v) is 6.02. The number of rotatable bonds is 7. The van der Waals surface area contributed by atoms with Crippen LogP contribution >= 0.6 is 12.4 Å². The number of hydrogen-bond donors (Lipinski definition) is 1. The molecule has 0 aromatic heterocycles. The van der Waals surface area contributed by atoms with Crippen molar-refractivity contribution < 1.29 is 4.79 Å². The van der Waals surface area contributed by atoms with Crippen molar-refractivity contribution in [1.29, 1.82) is 0 Å². The number of likely N-dealkylation sites (tertiary alicyclic amines) is 1. The Morgan fingerprint density at radius 2 is 1.68 bits per heavy atom. The first kappa shape index (κ1) is 19.0. The zero-order valence-corrected chi connectivity index (χ0v) is 14.2. The molecule has 1 aromatic rings. The summed E-state index contributed by atoms with van der Waals surface area (Å²) < 4.78 is 0. The van der Waals surface area contributed by atoms with E-state index >= 15 is 0 Å². The maximum atomic E-state index is 12.2. The first-order chi connectivity index (χ1) is 10.3. The number of unbranched alkanes of at least 4 members (excludes halogenated alkanes) is 3. The van der Waals surface area contributed by atoms with Crippen LogP contribution in [0.4, 0.5) is 0 Å². The molecular formula is C18H29ClN2O. The quantitative estimate of drug-likeness (QED) is 0.777. The Bertz CT molecular complexity index is 416. The van der Waals surface area contributed by atoms with Gasteiger partial charge in [-0.3, -0.25) is 4.79 Å². The van der Waals surface area contributed by atoms with Crippen LogP contribution in [0, 0.1) is 0 Å². The van der Waals surface area contributed by atoms with Gasteiger partial charge >= 0.3 is 0 Å². The lowest BCUT2D eigenvalue weighted by Crippen LogP contribution is -2.37. The van der Waals surface area contributed by atoms with Crippen molar-refractivity contribution in [2.75, 3.05) is 19.6 Å². The van der Waals surface area contributed by atoms with E-state index in [0.29, 0.717) is 18.2 Å². The van der Waals surface area contributed by atoms with E-state index in [-0.39, 0.29) is 12.4 Å². The van der Waals surface area contributed by atoms with Gasteiger partial charge in [-0.15, -0.1) is 12.4 Å². The molecule has 2 N–H and O–H groups in total. The van der Waals surface area contributed by atoms with E-state index in [2.05, 4.69) is 35.2 Å². The third-order valence-corrected chi connectivity index (χ3v) is 4.46. The maximum Gasteiger partial charge on any atom is 0.222 e. The molecule has 1 heterocycles. The van der Waals surface area contributed by atoms with Crippen LogP contribution in [0.25, 0.3) is 0 Å². The van der Waals surface area contributed by atoms with Gasteiger partial charge in [0.05, 0.1) is 0 Å². The molecule has 1 aliphatic heterocycles. The number of piperidine rings is 1. The molecule has 1 fully saturated rings. The molecule has 0 bridgehead atoms. The van der Waals surface area contributed by atoms with Crippen LogP contribution in [-0.2, 0) is 4.79 Å². The summed E-state index contributed by atoms with van der Waals surface area (Å²) in [4.78, 5) is 14.2. The van der Waals surface area contributed by atoms with E-state index < -0.39 is 0 Å². The molecule has 0 saturated carbocycles. The Labute approximate surface area is 140 Å². The molecule has 1 amide bonds. The normalized spacial score (nSPS) is 15.4. The third-order valence-electron chi connectivity index (χ3n) is 4.46. The lowest BCUT2D eigenvalue weighted by Gasteiger charge is -2.32. The fraction of sp³-hybridized carbons (Fsp3) is 0.611. The van der Waals surface area contributed by atoms with Crippen molar-refractivity contribution >= 4 is 18.3 Å². The number of hydrogen-bond acceptors (Lipinski definition) is 2. The number of carbonyl (C=O) groups is 1. The molecule has 1 saturated heterocycles. The first-order valence-corrected chi connectivity index (χ1v) is 8.34. The molecular weight excluding hydrogens is 296 g/mol. The SMILES string of the molecule is Cl.NCCCCCCC(=O)N1CCC(c2ccccc2)CC1. The van der Waals surface area contributed by atoms with Crippen molar-refractivity contribution in [3.8, 4) is 0 Å². The van der Waals surface area contributed by atoms with Crippen LogP contribution in [0.15, 0.2) is 30.3 Å². The fourth-order valence-electron chi connectivity index (χ4n) is 3.12. The average Bonchev–Trinajstić information content (AvgIpc) is 2.55. The Morgan fingerprint density at radius 1 is 1.05 bits per heavy atom. The van der Waals surface area contributed by atoms with Gasteiger partial charge in [0, 0.05) is 19.5 Å². The third kappa shape index (κ3) is 5.98. The van der Waals surface area contributed by atoms with Crippen LogP contribution < -0.4 is 5.73 Å². The summed E-state index contributed by atoms with van der Waals surface area (Å²) in [5.41, 5.74) is 6.90. The molecule has 124 valence electrons.